The van der Waals surface area contributed by atoms with Crippen LogP contribution in [0.3, 0.4) is 0 Å². The van der Waals surface area contributed by atoms with Gasteiger partial charge < -0.3 is 4.90 Å². The monoisotopic (exact) mass is 280 g/mol. The summed E-state index contributed by atoms with van der Waals surface area (Å²) in [4.78, 5) is 13.3. The van der Waals surface area contributed by atoms with Crippen molar-refractivity contribution < 1.29 is 9.69 Å². The Hall–Kier alpha value is -1.36. The highest BCUT2D eigenvalue weighted by molar-refractivity contribution is 6.30. The molecule has 0 radical (unpaired) electrons. The van der Waals surface area contributed by atoms with Crippen molar-refractivity contribution in [3.05, 3.63) is 40.9 Å². The molecule has 0 spiro atoms. The normalized spacial score (nSPS) is 17.8. The van der Waals surface area contributed by atoms with Crippen LogP contribution in [-0.4, -0.2) is 44.1 Å². The third-order valence-corrected chi connectivity index (χ3v) is 3.40. The molecule has 5 heteroatoms. The summed E-state index contributed by atoms with van der Waals surface area (Å²) in [6, 6.07) is 7.41. The lowest BCUT2D eigenvalue weighted by molar-refractivity contribution is -0.884. The molecule has 102 valence electrons. The van der Waals surface area contributed by atoms with Crippen LogP contribution >= 0.6 is 11.6 Å². The fourth-order valence-electron chi connectivity index (χ4n) is 1.98. The first-order valence-corrected chi connectivity index (χ1v) is 6.82. The highest BCUT2D eigenvalue weighted by atomic mass is 35.5. The number of benzene rings is 1. The Bertz CT molecular complexity index is 468. The van der Waals surface area contributed by atoms with E-state index in [-0.39, 0.29) is 5.91 Å². The molecule has 1 heterocycles. The molecule has 0 aromatic heterocycles. The van der Waals surface area contributed by atoms with E-state index in [2.05, 4.69) is 12.5 Å². The maximum Gasteiger partial charge on any atom is 0.258 e. The van der Waals surface area contributed by atoms with Crippen LogP contribution in [0.4, 0.5) is 0 Å². The van der Waals surface area contributed by atoms with Crippen molar-refractivity contribution in [3.63, 3.8) is 0 Å². The zero-order valence-electron chi connectivity index (χ0n) is 11.0. The number of nitrogens with one attached hydrogen (secondary N) is 2. The first kappa shape index (κ1) is 14.1. The Morgan fingerprint density at radius 2 is 2.16 bits per heavy atom. The van der Waals surface area contributed by atoms with E-state index in [1.165, 1.54) is 11.0 Å². The second kappa shape index (κ2) is 6.70. The lowest BCUT2D eigenvalue weighted by Gasteiger charge is -2.29. The Kier molecular flexibility index (Phi) is 4.96. The summed E-state index contributed by atoms with van der Waals surface area (Å²) in [7, 11) is 2.16. The zero-order chi connectivity index (χ0) is 13.7. The van der Waals surface area contributed by atoms with Gasteiger partial charge in [0.05, 0.1) is 33.2 Å². The van der Waals surface area contributed by atoms with E-state index in [1.807, 2.05) is 29.3 Å². The third kappa shape index (κ3) is 4.67. The Morgan fingerprint density at radius 3 is 2.84 bits per heavy atom. The quantitative estimate of drug-likeness (QED) is 0.777. The minimum absolute atomic E-state index is 0.0977. The molecule has 1 aromatic rings. The highest BCUT2D eigenvalue weighted by Crippen LogP contribution is 2.11. The first-order valence-electron chi connectivity index (χ1n) is 6.44. The van der Waals surface area contributed by atoms with Crippen LogP contribution in [0.15, 0.2) is 30.3 Å². The SMILES string of the molecule is C[NH+]1CCN(NC(=O)/C=C/c2cccc(Cl)c2)CC1. The second-order valence-corrected chi connectivity index (χ2v) is 5.24. The predicted octanol–water partition coefficient (Wildman–Crippen LogP) is 0.215. The Morgan fingerprint density at radius 1 is 1.42 bits per heavy atom. The molecule has 1 aliphatic rings. The van der Waals surface area contributed by atoms with Gasteiger partial charge in [0.25, 0.3) is 5.91 Å². The van der Waals surface area contributed by atoms with Crippen LogP contribution in [0, 0.1) is 0 Å². The number of hydrogen-bond acceptors (Lipinski definition) is 2. The first-order chi connectivity index (χ1) is 9.13. The van der Waals surface area contributed by atoms with E-state index in [4.69, 9.17) is 11.6 Å². The van der Waals surface area contributed by atoms with E-state index in [0.29, 0.717) is 5.02 Å². The van der Waals surface area contributed by atoms with Gasteiger partial charge in [0.1, 0.15) is 0 Å². The minimum atomic E-state index is -0.0977. The number of rotatable bonds is 3. The predicted molar refractivity (Wildman–Crippen MR) is 76.8 cm³/mol. The summed E-state index contributed by atoms with van der Waals surface area (Å²) in [5.41, 5.74) is 3.81. The molecule has 1 amide bonds. The molecule has 1 aromatic carbocycles. The van der Waals surface area contributed by atoms with Gasteiger partial charge in [0.15, 0.2) is 0 Å². The molecule has 0 atom stereocenters. The van der Waals surface area contributed by atoms with Gasteiger partial charge in [0.2, 0.25) is 0 Å². The van der Waals surface area contributed by atoms with Gasteiger partial charge >= 0.3 is 0 Å². The summed E-state index contributed by atoms with van der Waals surface area (Å²) < 4.78 is 0. The number of likely N-dealkylation sites (N-methyl/N-ethyl adjacent to an activating group) is 1. The van der Waals surface area contributed by atoms with Crippen LogP contribution in [0.5, 0.6) is 0 Å². The molecule has 2 rings (SSSR count). The number of piperazine rings is 1. The van der Waals surface area contributed by atoms with Crippen LogP contribution in [0.2, 0.25) is 5.02 Å². The molecule has 1 aliphatic heterocycles. The number of halogens is 1. The van der Waals surface area contributed by atoms with E-state index < -0.39 is 0 Å². The lowest BCUT2D eigenvalue weighted by Crippen LogP contribution is -3.12. The summed E-state index contributed by atoms with van der Waals surface area (Å²) in [6.45, 7) is 3.89. The standard InChI is InChI=1S/C14H18ClN3O/c1-17-7-9-18(10-8-17)16-14(19)6-5-12-3-2-4-13(15)11-12/h2-6,11H,7-10H2,1H3,(H,16,19)/p+1/b6-5+. The van der Waals surface area contributed by atoms with Crippen LogP contribution in [-0.2, 0) is 4.79 Å². The number of amides is 1. The number of hydrazine groups is 1. The van der Waals surface area contributed by atoms with E-state index in [1.54, 1.807) is 6.08 Å². The smallest absolute Gasteiger partial charge is 0.258 e. The number of carbonyl (C=O) groups excluding carboxylic acids is 1. The van der Waals surface area contributed by atoms with Crippen molar-refractivity contribution in [2.75, 3.05) is 33.2 Å². The lowest BCUT2D eigenvalue weighted by atomic mass is 10.2. The van der Waals surface area contributed by atoms with Gasteiger partial charge in [0, 0.05) is 11.1 Å². The van der Waals surface area contributed by atoms with Crippen LogP contribution < -0.4 is 10.3 Å². The van der Waals surface area contributed by atoms with Gasteiger partial charge in [-0.2, -0.15) is 0 Å². The van der Waals surface area contributed by atoms with Crippen LogP contribution in [0.1, 0.15) is 5.56 Å². The minimum Gasteiger partial charge on any atom is -0.335 e. The number of nitrogens with zero attached hydrogens (tertiary/aromatic N) is 1. The summed E-state index contributed by atoms with van der Waals surface area (Å²) in [5.74, 6) is -0.0977. The molecule has 0 unspecified atom stereocenters. The van der Waals surface area contributed by atoms with E-state index in [0.717, 1.165) is 31.7 Å². The van der Waals surface area contributed by atoms with Gasteiger partial charge in [-0.1, -0.05) is 23.7 Å². The molecule has 0 aliphatic carbocycles. The van der Waals surface area contributed by atoms with Crippen molar-refractivity contribution in [2.45, 2.75) is 0 Å². The van der Waals surface area contributed by atoms with E-state index >= 15 is 0 Å². The molecular weight excluding hydrogens is 262 g/mol. The third-order valence-electron chi connectivity index (χ3n) is 3.16. The van der Waals surface area contributed by atoms with E-state index in [9.17, 15) is 4.79 Å². The highest BCUT2D eigenvalue weighted by Gasteiger charge is 2.16. The van der Waals surface area contributed by atoms with Crippen LogP contribution in [0.25, 0.3) is 6.08 Å². The average Bonchev–Trinajstić information content (AvgIpc) is 2.39. The molecule has 0 bridgehead atoms. The van der Waals surface area contributed by atoms with Crippen molar-refractivity contribution in [1.29, 1.82) is 0 Å². The molecule has 19 heavy (non-hydrogen) atoms. The van der Waals surface area contributed by atoms with Gasteiger partial charge in [-0.15, -0.1) is 0 Å². The Labute approximate surface area is 118 Å². The Balaban J connectivity index is 1.84. The fraction of sp³-hybridized carbons (Fsp3) is 0.357. The average molecular weight is 281 g/mol. The molecule has 1 saturated heterocycles. The maximum atomic E-state index is 11.8. The largest absolute Gasteiger partial charge is 0.335 e. The topological polar surface area (TPSA) is 36.8 Å². The number of carbonyl (C=O) groups is 1. The number of quaternary nitrogens is 1. The molecule has 1 fully saturated rings. The summed E-state index contributed by atoms with van der Waals surface area (Å²) >= 11 is 5.88. The second-order valence-electron chi connectivity index (χ2n) is 4.81. The van der Waals surface area contributed by atoms with Gasteiger partial charge in [-0.05, 0) is 23.8 Å². The zero-order valence-corrected chi connectivity index (χ0v) is 11.8. The molecule has 0 saturated carbocycles. The fourth-order valence-corrected chi connectivity index (χ4v) is 2.17. The van der Waals surface area contributed by atoms with Crippen molar-refractivity contribution in [1.82, 2.24) is 10.4 Å². The van der Waals surface area contributed by atoms with Crippen molar-refractivity contribution in [2.24, 2.45) is 0 Å². The molecule has 4 nitrogen and oxygen atoms in total. The molecular formula is C14H19ClN3O+. The van der Waals surface area contributed by atoms with Crippen molar-refractivity contribution in [3.8, 4) is 0 Å². The van der Waals surface area contributed by atoms with Gasteiger partial charge in [-0.3, -0.25) is 10.2 Å². The van der Waals surface area contributed by atoms with Gasteiger partial charge in [-0.25, -0.2) is 5.01 Å². The maximum absolute atomic E-state index is 11.8. The summed E-state index contributed by atoms with van der Waals surface area (Å²) in [5, 5.41) is 2.64. The number of hydrogen-bond donors (Lipinski definition) is 2. The molecule has 2 N–H and O–H groups in total. The van der Waals surface area contributed by atoms with Crippen molar-refractivity contribution >= 4 is 23.6 Å². The summed E-state index contributed by atoms with van der Waals surface area (Å²) in [6.07, 6.45) is 3.30.